The van der Waals surface area contributed by atoms with Crippen molar-refractivity contribution < 1.29 is 9.18 Å². The molecule has 1 aromatic heterocycles. The van der Waals surface area contributed by atoms with Crippen LogP contribution in [0.5, 0.6) is 0 Å². The molecule has 88 valence electrons. The predicted octanol–water partition coefficient (Wildman–Crippen LogP) is 2.47. The highest BCUT2D eigenvalue weighted by molar-refractivity contribution is 5.95. The molecule has 1 aromatic carbocycles. The van der Waals surface area contributed by atoms with Crippen molar-refractivity contribution in [3.05, 3.63) is 53.6 Å². The van der Waals surface area contributed by atoms with Gasteiger partial charge in [0.2, 0.25) is 0 Å². The molecule has 0 radical (unpaired) electrons. The van der Waals surface area contributed by atoms with Gasteiger partial charge < -0.3 is 0 Å². The Bertz CT molecular complexity index is 534. The molecule has 0 amide bonds. The number of benzene rings is 1. The monoisotopic (exact) mass is 232 g/mol. The number of nitrogens with zero attached hydrogens (tertiary/aromatic N) is 2. The van der Waals surface area contributed by atoms with E-state index in [4.69, 9.17) is 0 Å². The molecule has 1 heterocycles. The summed E-state index contributed by atoms with van der Waals surface area (Å²) in [4.78, 5) is 12.0. The fraction of sp³-hybridized carbons (Fsp3) is 0.231. The highest BCUT2D eigenvalue weighted by atomic mass is 19.1. The van der Waals surface area contributed by atoms with Crippen molar-refractivity contribution in [3.63, 3.8) is 0 Å². The molecule has 0 saturated heterocycles. The Morgan fingerprint density at radius 3 is 2.82 bits per heavy atom. The third-order valence-corrected chi connectivity index (χ3v) is 2.61. The molecule has 17 heavy (non-hydrogen) atoms. The third-order valence-electron chi connectivity index (χ3n) is 2.61. The lowest BCUT2D eigenvalue weighted by molar-refractivity contribution is 0.0981. The zero-order valence-electron chi connectivity index (χ0n) is 9.56. The van der Waals surface area contributed by atoms with Crippen LogP contribution < -0.4 is 0 Å². The van der Waals surface area contributed by atoms with E-state index in [1.807, 2.05) is 6.92 Å². The van der Waals surface area contributed by atoms with Crippen molar-refractivity contribution in [1.29, 1.82) is 0 Å². The molecule has 0 aliphatic rings. The first-order valence-corrected chi connectivity index (χ1v) is 5.50. The standard InChI is InChI=1S/C13H13FN2O/c1-2-16-12(7-8-15-16)13(17)9-10-5-3-4-6-11(10)14/h3-8H,2,9H2,1H3. The number of aryl methyl sites for hydroxylation is 1. The number of Topliss-reactive ketones (excluding diaryl/α,β-unsaturated/α-hetero) is 1. The van der Waals surface area contributed by atoms with Crippen LogP contribution in [-0.2, 0) is 13.0 Å². The summed E-state index contributed by atoms with van der Waals surface area (Å²) < 4.78 is 15.0. The molecule has 4 heteroatoms. The van der Waals surface area contributed by atoms with Gasteiger partial charge >= 0.3 is 0 Å². The normalized spacial score (nSPS) is 10.5. The van der Waals surface area contributed by atoms with Crippen LogP contribution >= 0.6 is 0 Å². The summed E-state index contributed by atoms with van der Waals surface area (Å²) in [6, 6.07) is 7.98. The molecule has 0 aliphatic heterocycles. The molecule has 2 rings (SSSR count). The Morgan fingerprint density at radius 2 is 2.12 bits per heavy atom. The number of aromatic nitrogens is 2. The van der Waals surface area contributed by atoms with Crippen LogP contribution in [-0.4, -0.2) is 15.6 Å². The Morgan fingerprint density at radius 1 is 1.35 bits per heavy atom. The largest absolute Gasteiger partial charge is 0.292 e. The van der Waals surface area contributed by atoms with Crippen LogP contribution in [0.1, 0.15) is 23.0 Å². The minimum atomic E-state index is -0.344. The minimum absolute atomic E-state index is 0.0678. The van der Waals surface area contributed by atoms with Gasteiger partial charge in [0.1, 0.15) is 11.5 Å². The predicted molar refractivity (Wildman–Crippen MR) is 62.3 cm³/mol. The summed E-state index contributed by atoms with van der Waals surface area (Å²) in [5, 5.41) is 4.02. The first kappa shape index (κ1) is 11.5. The molecular formula is C13H13FN2O. The van der Waals surface area contributed by atoms with Crippen molar-refractivity contribution in [1.82, 2.24) is 9.78 Å². The fourth-order valence-electron chi connectivity index (χ4n) is 1.73. The van der Waals surface area contributed by atoms with Gasteiger partial charge in [0.15, 0.2) is 5.78 Å². The molecule has 0 saturated carbocycles. The maximum absolute atomic E-state index is 13.4. The summed E-state index contributed by atoms with van der Waals surface area (Å²) in [6.07, 6.45) is 1.65. The first-order valence-electron chi connectivity index (χ1n) is 5.50. The van der Waals surface area contributed by atoms with Gasteiger partial charge in [-0.2, -0.15) is 5.10 Å². The average molecular weight is 232 g/mol. The molecule has 2 aromatic rings. The molecule has 0 atom stereocenters. The molecule has 0 aliphatic carbocycles. The summed E-state index contributed by atoms with van der Waals surface area (Å²) in [5.74, 6) is -0.460. The van der Waals surface area contributed by atoms with Crippen LogP contribution in [0.4, 0.5) is 4.39 Å². The fourth-order valence-corrected chi connectivity index (χ4v) is 1.73. The molecule has 0 N–H and O–H groups in total. The molecule has 0 unspecified atom stereocenters. The second-order valence-corrected chi connectivity index (χ2v) is 3.72. The van der Waals surface area contributed by atoms with E-state index in [9.17, 15) is 9.18 Å². The topological polar surface area (TPSA) is 34.9 Å². The van der Waals surface area contributed by atoms with Crippen molar-refractivity contribution in [3.8, 4) is 0 Å². The number of rotatable bonds is 4. The molecule has 3 nitrogen and oxygen atoms in total. The number of hydrogen-bond donors (Lipinski definition) is 0. The van der Waals surface area contributed by atoms with Gasteiger partial charge in [-0.3, -0.25) is 9.48 Å². The van der Waals surface area contributed by atoms with Gasteiger partial charge in [-0.05, 0) is 24.6 Å². The lowest BCUT2D eigenvalue weighted by Gasteiger charge is -2.04. The van der Waals surface area contributed by atoms with Gasteiger partial charge in [-0.1, -0.05) is 18.2 Å². The van der Waals surface area contributed by atoms with Crippen LogP contribution in [0.15, 0.2) is 36.5 Å². The van der Waals surface area contributed by atoms with E-state index in [0.717, 1.165) is 0 Å². The number of halogens is 1. The summed E-state index contributed by atoms with van der Waals surface area (Å²) in [6.45, 7) is 2.54. The van der Waals surface area contributed by atoms with Crippen LogP contribution in [0, 0.1) is 5.82 Å². The first-order chi connectivity index (χ1) is 8.22. The quantitative estimate of drug-likeness (QED) is 0.759. The van der Waals surface area contributed by atoms with Crippen LogP contribution in [0.3, 0.4) is 0 Å². The van der Waals surface area contributed by atoms with Crippen molar-refractivity contribution in [2.75, 3.05) is 0 Å². The summed E-state index contributed by atoms with van der Waals surface area (Å²) in [5.41, 5.74) is 0.942. The highest BCUT2D eigenvalue weighted by Crippen LogP contribution is 2.11. The zero-order chi connectivity index (χ0) is 12.3. The lowest BCUT2D eigenvalue weighted by atomic mass is 10.1. The van der Waals surface area contributed by atoms with E-state index < -0.39 is 0 Å². The second kappa shape index (κ2) is 4.91. The molecular weight excluding hydrogens is 219 g/mol. The van der Waals surface area contributed by atoms with Crippen molar-refractivity contribution in [2.24, 2.45) is 0 Å². The van der Waals surface area contributed by atoms with Gasteiger partial charge in [0.05, 0.1) is 0 Å². The Labute approximate surface area is 98.9 Å². The minimum Gasteiger partial charge on any atom is -0.292 e. The van der Waals surface area contributed by atoms with E-state index in [1.54, 1.807) is 35.1 Å². The molecule has 0 fully saturated rings. The van der Waals surface area contributed by atoms with E-state index >= 15 is 0 Å². The van der Waals surface area contributed by atoms with Gasteiger partial charge in [-0.25, -0.2) is 4.39 Å². The van der Waals surface area contributed by atoms with Crippen LogP contribution in [0.25, 0.3) is 0 Å². The lowest BCUT2D eigenvalue weighted by Crippen LogP contribution is -2.12. The third kappa shape index (κ3) is 2.41. The van der Waals surface area contributed by atoms with E-state index in [-0.39, 0.29) is 18.0 Å². The Hall–Kier alpha value is -1.97. The zero-order valence-corrected chi connectivity index (χ0v) is 9.56. The van der Waals surface area contributed by atoms with Crippen molar-refractivity contribution >= 4 is 5.78 Å². The summed E-state index contributed by atoms with van der Waals surface area (Å²) >= 11 is 0. The average Bonchev–Trinajstić information content (AvgIpc) is 2.80. The van der Waals surface area contributed by atoms with Gasteiger partial charge in [0, 0.05) is 19.2 Å². The Balaban J connectivity index is 2.20. The van der Waals surface area contributed by atoms with E-state index in [2.05, 4.69) is 5.10 Å². The number of hydrogen-bond acceptors (Lipinski definition) is 2. The number of ketones is 1. The smallest absolute Gasteiger partial charge is 0.185 e. The SMILES string of the molecule is CCn1nccc1C(=O)Cc1ccccc1F. The van der Waals surface area contributed by atoms with Crippen molar-refractivity contribution in [2.45, 2.75) is 19.9 Å². The van der Waals surface area contributed by atoms with Gasteiger partial charge in [0.25, 0.3) is 0 Å². The molecule has 0 spiro atoms. The number of carbonyl (C=O) groups is 1. The Kier molecular flexibility index (Phi) is 3.32. The van der Waals surface area contributed by atoms with Gasteiger partial charge in [-0.15, -0.1) is 0 Å². The highest BCUT2D eigenvalue weighted by Gasteiger charge is 2.13. The maximum atomic E-state index is 13.4. The maximum Gasteiger partial charge on any atom is 0.185 e. The number of carbonyl (C=O) groups excluding carboxylic acids is 1. The molecule has 0 bridgehead atoms. The van der Waals surface area contributed by atoms with Crippen LogP contribution in [0.2, 0.25) is 0 Å². The van der Waals surface area contributed by atoms with E-state index in [0.29, 0.717) is 17.8 Å². The van der Waals surface area contributed by atoms with E-state index in [1.165, 1.54) is 6.07 Å². The summed E-state index contributed by atoms with van der Waals surface area (Å²) in [7, 11) is 0. The second-order valence-electron chi connectivity index (χ2n) is 3.72.